The molecule has 1 saturated carbocycles. The number of methoxy groups -OCH3 is 1. The highest BCUT2D eigenvalue weighted by Gasteiger charge is 2.35. The van der Waals surface area contributed by atoms with Gasteiger partial charge in [0.15, 0.2) is 11.5 Å². The predicted octanol–water partition coefficient (Wildman–Crippen LogP) is 1.61. The lowest BCUT2D eigenvalue weighted by Gasteiger charge is -2.38. The van der Waals surface area contributed by atoms with Crippen molar-refractivity contribution >= 4 is 0 Å². The van der Waals surface area contributed by atoms with Gasteiger partial charge in [0.2, 0.25) is 0 Å². The lowest BCUT2D eigenvalue weighted by atomic mass is 9.72. The van der Waals surface area contributed by atoms with Gasteiger partial charge in [-0.3, -0.25) is 0 Å². The van der Waals surface area contributed by atoms with Crippen LogP contribution in [-0.2, 0) is 5.54 Å². The molecule has 1 fully saturated rings. The van der Waals surface area contributed by atoms with E-state index in [1.54, 1.807) is 12.1 Å². The Balaban J connectivity index is 2.51. The molecular formula is C12H14N2O2. The van der Waals surface area contributed by atoms with Crippen LogP contribution in [0.4, 0.5) is 0 Å². The normalized spacial score (nSPS) is 17.3. The van der Waals surface area contributed by atoms with E-state index in [1.165, 1.54) is 7.11 Å². The summed E-state index contributed by atoms with van der Waals surface area (Å²) in [5, 5.41) is 18.7. The Bertz CT molecular complexity index is 459. The van der Waals surface area contributed by atoms with E-state index >= 15 is 0 Å². The summed E-state index contributed by atoms with van der Waals surface area (Å²) < 4.78 is 4.97. The summed E-state index contributed by atoms with van der Waals surface area (Å²) in [5.74, 6) is 0.197. The van der Waals surface area contributed by atoms with Crippen LogP contribution >= 0.6 is 0 Å². The van der Waals surface area contributed by atoms with Gasteiger partial charge in [-0.05, 0) is 37.0 Å². The first-order valence-electron chi connectivity index (χ1n) is 5.21. The van der Waals surface area contributed by atoms with Gasteiger partial charge in [-0.25, -0.2) is 0 Å². The van der Waals surface area contributed by atoms with Crippen molar-refractivity contribution < 1.29 is 9.84 Å². The Labute approximate surface area is 94.3 Å². The molecular weight excluding hydrogens is 204 g/mol. The molecule has 0 atom stereocenters. The number of ether oxygens (including phenoxy) is 1. The molecule has 0 radical (unpaired) electrons. The van der Waals surface area contributed by atoms with E-state index in [1.807, 2.05) is 6.07 Å². The number of benzene rings is 1. The zero-order chi connectivity index (χ0) is 11.8. The Morgan fingerprint density at radius 3 is 2.62 bits per heavy atom. The van der Waals surface area contributed by atoms with E-state index < -0.39 is 0 Å². The molecule has 0 aliphatic heterocycles. The Hall–Kier alpha value is -1.73. The summed E-state index contributed by atoms with van der Waals surface area (Å²) >= 11 is 0. The van der Waals surface area contributed by atoms with Crippen LogP contribution in [0.1, 0.15) is 30.4 Å². The van der Waals surface area contributed by atoms with Crippen molar-refractivity contribution in [2.24, 2.45) is 5.73 Å². The summed E-state index contributed by atoms with van der Waals surface area (Å²) in [6.45, 7) is 0. The van der Waals surface area contributed by atoms with Crippen LogP contribution in [-0.4, -0.2) is 12.2 Å². The van der Waals surface area contributed by atoms with Crippen molar-refractivity contribution in [1.82, 2.24) is 0 Å². The number of phenols is 1. The number of aromatic hydroxyl groups is 1. The minimum atomic E-state index is -0.380. The van der Waals surface area contributed by atoms with Crippen molar-refractivity contribution in [2.45, 2.75) is 24.8 Å². The molecule has 0 bridgehead atoms. The predicted molar refractivity (Wildman–Crippen MR) is 59.1 cm³/mol. The average Bonchev–Trinajstić information content (AvgIpc) is 2.24. The van der Waals surface area contributed by atoms with Gasteiger partial charge in [0.05, 0.1) is 12.7 Å². The van der Waals surface area contributed by atoms with Crippen LogP contribution in [0.15, 0.2) is 12.1 Å². The maximum Gasteiger partial charge on any atom is 0.178 e. The van der Waals surface area contributed by atoms with Gasteiger partial charge in [0.1, 0.15) is 6.07 Å². The number of nitriles is 1. The molecule has 16 heavy (non-hydrogen) atoms. The lowest BCUT2D eigenvalue weighted by Crippen LogP contribution is -2.43. The molecule has 0 aromatic heterocycles. The molecule has 4 heteroatoms. The van der Waals surface area contributed by atoms with Crippen molar-refractivity contribution in [2.75, 3.05) is 7.11 Å². The van der Waals surface area contributed by atoms with Crippen LogP contribution < -0.4 is 10.5 Å². The van der Waals surface area contributed by atoms with Gasteiger partial charge in [-0.15, -0.1) is 0 Å². The molecule has 0 saturated heterocycles. The zero-order valence-corrected chi connectivity index (χ0v) is 9.16. The summed E-state index contributed by atoms with van der Waals surface area (Å²) in [7, 11) is 1.43. The first-order valence-corrected chi connectivity index (χ1v) is 5.21. The fourth-order valence-corrected chi connectivity index (χ4v) is 2.04. The number of hydrogen-bond donors (Lipinski definition) is 2. The molecule has 0 amide bonds. The van der Waals surface area contributed by atoms with E-state index in [0.717, 1.165) is 24.8 Å². The number of nitrogens with zero attached hydrogens (tertiary/aromatic N) is 1. The molecule has 1 aliphatic carbocycles. The fourth-order valence-electron chi connectivity index (χ4n) is 2.04. The number of phenolic OH excluding ortho intramolecular Hbond substituents is 1. The van der Waals surface area contributed by atoms with Crippen LogP contribution in [0.2, 0.25) is 0 Å². The molecule has 4 nitrogen and oxygen atoms in total. The smallest absolute Gasteiger partial charge is 0.178 e. The topological polar surface area (TPSA) is 79.3 Å². The van der Waals surface area contributed by atoms with Crippen LogP contribution in [0, 0.1) is 11.3 Å². The van der Waals surface area contributed by atoms with Gasteiger partial charge in [0, 0.05) is 5.54 Å². The third-order valence-electron chi connectivity index (χ3n) is 3.21. The van der Waals surface area contributed by atoms with Crippen molar-refractivity contribution in [3.63, 3.8) is 0 Å². The van der Waals surface area contributed by atoms with Gasteiger partial charge >= 0.3 is 0 Å². The first-order chi connectivity index (χ1) is 7.60. The molecule has 1 aliphatic rings. The number of rotatable bonds is 2. The Kier molecular flexibility index (Phi) is 2.49. The quantitative estimate of drug-likeness (QED) is 0.790. The molecule has 0 unspecified atom stereocenters. The summed E-state index contributed by atoms with van der Waals surface area (Å²) in [5.41, 5.74) is 6.91. The highest BCUT2D eigenvalue weighted by molar-refractivity contribution is 5.55. The van der Waals surface area contributed by atoms with E-state index in [-0.39, 0.29) is 17.0 Å². The maximum atomic E-state index is 9.75. The van der Waals surface area contributed by atoms with Crippen molar-refractivity contribution in [3.05, 3.63) is 23.3 Å². The van der Waals surface area contributed by atoms with Crippen LogP contribution in [0.5, 0.6) is 11.5 Å². The molecule has 0 heterocycles. The standard InChI is InChI=1S/C12H14N2O2/c1-16-11-8(7-13)5-9(6-10(11)15)12(14)3-2-4-12/h5-6,15H,2-4,14H2,1H3. The first kappa shape index (κ1) is 10.8. The second kappa shape index (κ2) is 3.69. The van der Waals surface area contributed by atoms with Crippen molar-refractivity contribution in [1.29, 1.82) is 5.26 Å². The van der Waals surface area contributed by atoms with Crippen molar-refractivity contribution in [3.8, 4) is 17.6 Å². The second-order valence-electron chi connectivity index (χ2n) is 4.20. The second-order valence-corrected chi connectivity index (χ2v) is 4.20. The molecule has 3 N–H and O–H groups in total. The minimum Gasteiger partial charge on any atom is -0.504 e. The minimum absolute atomic E-state index is 0.0201. The van der Waals surface area contributed by atoms with E-state index in [4.69, 9.17) is 15.7 Å². The van der Waals surface area contributed by atoms with Gasteiger partial charge in [-0.2, -0.15) is 5.26 Å². The Morgan fingerprint density at radius 2 is 2.19 bits per heavy atom. The third-order valence-corrected chi connectivity index (χ3v) is 3.21. The zero-order valence-electron chi connectivity index (χ0n) is 9.16. The van der Waals surface area contributed by atoms with E-state index in [2.05, 4.69) is 0 Å². The lowest BCUT2D eigenvalue weighted by molar-refractivity contribution is 0.252. The SMILES string of the molecule is COc1c(O)cc(C2(N)CCC2)cc1C#N. The number of hydrogen-bond acceptors (Lipinski definition) is 4. The van der Waals surface area contributed by atoms with Gasteiger partial charge < -0.3 is 15.6 Å². The highest BCUT2D eigenvalue weighted by Crippen LogP contribution is 2.42. The highest BCUT2D eigenvalue weighted by atomic mass is 16.5. The molecule has 2 rings (SSSR count). The van der Waals surface area contributed by atoms with E-state index in [0.29, 0.717) is 5.56 Å². The molecule has 84 valence electrons. The van der Waals surface area contributed by atoms with Gasteiger partial charge in [0.25, 0.3) is 0 Å². The average molecular weight is 218 g/mol. The van der Waals surface area contributed by atoms with Crippen LogP contribution in [0.3, 0.4) is 0 Å². The summed E-state index contributed by atoms with van der Waals surface area (Å²) in [6, 6.07) is 5.31. The third kappa shape index (κ3) is 1.50. The summed E-state index contributed by atoms with van der Waals surface area (Å²) in [6.07, 6.45) is 2.87. The molecule has 1 aromatic carbocycles. The Morgan fingerprint density at radius 1 is 1.50 bits per heavy atom. The molecule has 0 spiro atoms. The molecule has 1 aromatic rings. The van der Waals surface area contributed by atoms with E-state index in [9.17, 15) is 5.11 Å². The summed E-state index contributed by atoms with van der Waals surface area (Å²) in [4.78, 5) is 0. The van der Waals surface area contributed by atoms with Gasteiger partial charge in [-0.1, -0.05) is 0 Å². The number of nitrogens with two attached hydrogens (primary N) is 1. The largest absolute Gasteiger partial charge is 0.504 e. The fraction of sp³-hybridized carbons (Fsp3) is 0.417. The monoisotopic (exact) mass is 218 g/mol. The van der Waals surface area contributed by atoms with Crippen LogP contribution in [0.25, 0.3) is 0 Å². The maximum absolute atomic E-state index is 9.75.